The van der Waals surface area contributed by atoms with Gasteiger partial charge in [0, 0.05) is 17.8 Å². The molecule has 0 aliphatic heterocycles. The third kappa shape index (κ3) is 3.79. The third-order valence-electron chi connectivity index (χ3n) is 4.11. The lowest BCUT2D eigenvalue weighted by Crippen LogP contribution is -2.40. The van der Waals surface area contributed by atoms with Crippen molar-refractivity contribution in [1.82, 2.24) is 10.3 Å². The summed E-state index contributed by atoms with van der Waals surface area (Å²) in [5.41, 5.74) is 1.28. The van der Waals surface area contributed by atoms with Crippen molar-refractivity contribution in [3.05, 3.63) is 16.1 Å². The minimum Gasteiger partial charge on any atom is -0.314 e. The van der Waals surface area contributed by atoms with E-state index in [-0.39, 0.29) is 0 Å². The summed E-state index contributed by atoms with van der Waals surface area (Å²) in [6.07, 6.45) is 6.72. The van der Waals surface area contributed by atoms with Gasteiger partial charge in [-0.15, -0.1) is 11.3 Å². The molecule has 0 saturated heterocycles. The van der Waals surface area contributed by atoms with E-state index in [1.165, 1.54) is 36.4 Å². The summed E-state index contributed by atoms with van der Waals surface area (Å²) in [7, 11) is 0. The zero-order valence-electron chi connectivity index (χ0n) is 11.9. The largest absolute Gasteiger partial charge is 0.314 e. The molecule has 1 aliphatic rings. The zero-order chi connectivity index (χ0) is 13.0. The molecule has 2 nitrogen and oxygen atoms in total. The van der Waals surface area contributed by atoms with Gasteiger partial charge in [-0.05, 0) is 38.1 Å². The van der Waals surface area contributed by atoms with Crippen molar-refractivity contribution >= 4 is 11.3 Å². The van der Waals surface area contributed by atoms with Crippen molar-refractivity contribution < 1.29 is 0 Å². The summed E-state index contributed by atoms with van der Waals surface area (Å²) in [5, 5.41) is 7.12. The molecule has 3 atom stereocenters. The number of nitrogens with zero attached hydrogens (tertiary/aromatic N) is 1. The second-order valence-corrected chi connectivity index (χ2v) is 6.82. The molecule has 0 spiro atoms. The monoisotopic (exact) mass is 266 g/mol. The predicted molar refractivity (Wildman–Crippen MR) is 79.1 cm³/mol. The lowest BCUT2D eigenvalue weighted by atomic mass is 9.77. The van der Waals surface area contributed by atoms with Gasteiger partial charge in [-0.1, -0.05) is 26.7 Å². The van der Waals surface area contributed by atoms with Gasteiger partial charge in [0.1, 0.15) is 0 Å². The van der Waals surface area contributed by atoms with E-state index in [1.807, 2.05) is 0 Å². The van der Waals surface area contributed by atoms with Crippen LogP contribution in [0.1, 0.15) is 50.2 Å². The molecule has 1 heterocycles. The summed E-state index contributed by atoms with van der Waals surface area (Å²) in [4.78, 5) is 4.63. The number of aromatic nitrogens is 1. The Morgan fingerprint density at radius 2 is 2.33 bits per heavy atom. The van der Waals surface area contributed by atoms with E-state index in [0.717, 1.165) is 24.8 Å². The van der Waals surface area contributed by atoms with Crippen LogP contribution in [0.2, 0.25) is 0 Å². The number of rotatable bonds is 5. The van der Waals surface area contributed by atoms with Gasteiger partial charge in [-0.3, -0.25) is 0 Å². The summed E-state index contributed by atoms with van der Waals surface area (Å²) < 4.78 is 0. The van der Waals surface area contributed by atoms with E-state index in [9.17, 15) is 0 Å². The predicted octanol–water partition coefficient (Wildman–Crippen LogP) is 3.80. The highest BCUT2D eigenvalue weighted by Crippen LogP contribution is 2.32. The summed E-state index contributed by atoms with van der Waals surface area (Å²) in [6.45, 7) is 7.78. The van der Waals surface area contributed by atoms with Crippen LogP contribution in [0.15, 0.2) is 5.38 Å². The van der Waals surface area contributed by atoms with Crippen LogP contribution in [0.25, 0.3) is 0 Å². The Labute approximate surface area is 115 Å². The summed E-state index contributed by atoms with van der Waals surface area (Å²) >= 11 is 1.77. The standard InChI is InChI=1S/C15H26N2S/c1-4-16-15(9-14-10-18-12(3)17-14)13-7-5-6-11(2)8-13/h10-11,13,15-16H,4-9H2,1-3H3. The minimum atomic E-state index is 0.624. The van der Waals surface area contributed by atoms with Crippen LogP contribution in [-0.2, 0) is 6.42 Å². The molecular formula is C15H26N2S. The van der Waals surface area contributed by atoms with Crippen LogP contribution in [0.5, 0.6) is 0 Å². The van der Waals surface area contributed by atoms with E-state index in [2.05, 4.69) is 36.5 Å². The maximum absolute atomic E-state index is 4.63. The highest BCUT2D eigenvalue weighted by atomic mass is 32.1. The van der Waals surface area contributed by atoms with Gasteiger partial charge in [-0.2, -0.15) is 0 Å². The van der Waals surface area contributed by atoms with Crippen molar-refractivity contribution in [2.24, 2.45) is 11.8 Å². The fourth-order valence-electron chi connectivity index (χ4n) is 3.24. The lowest BCUT2D eigenvalue weighted by molar-refractivity contribution is 0.222. The van der Waals surface area contributed by atoms with Crippen LogP contribution >= 0.6 is 11.3 Å². The Balaban J connectivity index is 1.98. The van der Waals surface area contributed by atoms with Gasteiger partial charge in [0.15, 0.2) is 0 Å². The average Bonchev–Trinajstić information content (AvgIpc) is 2.74. The van der Waals surface area contributed by atoms with Crippen LogP contribution in [-0.4, -0.2) is 17.6 Å². The van der Waals surface area contributed by atoms with Crippen molar-refractivity contribution in [3.63, 3.8) is 0 Å². The van der Waals surface area contributed by atoms with Gasteiger partial charge in [0.25, 0.3) is 0 Å². The van der Waals surface area contributed by atoms with Gasteiger partial charge < -0.3 is 5.32 Å². The molecule has 1 fully saturated rings. The average molecular weight is 266 g/mol. The highest BCUT2D eigenvalue weighted by molar-refractivity contribution is 7.09. The Hall–Kier alpha value is -0.410. The Morgan fingerprint density at radius 1 is 1.50 bits per heavy atom. The van der Waals surface area contributed by atoms with Gasteiger partial charge in [0.2, 0.25) is 0 Å². The number of aryl methyl sites for hydroxylation is 1. The number of hydrogen-bond acceptors (Lipinski definition) is 3. The zero-order valence-corrected chi connectivity index (χ0v) is 12.7. The Morgan fingerprint density at radius 3 is 2.94 bits per heavy atom. The first kappa shape index (κ1) is 14.0. The Bertz CT molecular complexity index is 361. The molecule has 18 heavy (non-hydrogen) atoms. The smallest absolute Gasteiger partial charge is 0.0897 e. The molecule has 3 unspecified atom stereocenters. The fourth-order valence-corrected chi connectivity index (χ4v) is 3.87. The molecule has 1 saturated carbocycles. The van der Waals surface area contributed by atoms with Crippen molar-refractivity contribution in [2.75, 3.05) is 6.54 Å². The SMILES string of the molecule is CCNC(Cc1csc(C)n1)C1CCCC(C)C1. The quantitative estimate of drug-likeness (QED) is 0.877. The van der Waals surface area contributed by atoms with Crippen LogP contribution in [0.3, 0.4) is 0 Å². The second kappa shape index (κ2) is 6.67. The summed E-state index contributed by atoms with van der Waals surface area (Å²) in [6, 6.07) is 0.624. The van der Waals surface area contributed by atoms with Crippen LogP contribution in [0, 0.1) is 18.8 Å². The first-order chi connectivity index (χ1) is 8.69. The molecule has 0 bridgehead atoms. The topological polar surface area (TPSA) is 24.9 Å². The number of likely N-dealkylation sites (N-methyl/N-ethyl adjacent to an activating group) is 1. The molecule has 102 valence electrons. The third-order valence-corrected chi connectivity index (χ3v) is 4.93. The van der Waals surface area contributed by atoms with E-state index < -0.39 is 0 Å². The first-order valence-electron chi connectivity index (χ1n) is 7.33. The molecule has 1 aliphatic carbocycles. The van der Waals surface area contributed by atoms with Crippen molar-refractivity contribution in [1.29, 1.82) is 0 Å². The van der Waals surface area contributed by atoms with Crippen LogP contribution < -0.4 is 5.32 Å². The maximum atomic E-state index is 4.63. The fraction of sp³-hybridized carbons (Fsp3) is 0.800. The molecular weight excluding hydrogens is 240 g/mol. The van der Waals surface area contributed by atoms with Crippen LogP contribution in [0.4, 0.5) is 0 Å². The number of hydrogen-bond donors (Lipinski definition) is 1. The lowest BCUT2D eigenvalue weighted by Gasteiger charge is -2.33. The van der Waals surface area contributed by atoms with E-state index in [1.54, 1.807) is 11.3 Å². The highest BCUT2D eigenvalue weighted by Gasteiger charge is 2.26. The molecule has 0 radical (unpaired) electrons. The summed E-state index contributed by atoms with van der Waals surface area (Å²) in [5.74, 6) is 1.75. The number of nitrogens with one attached hydrogen (secondary N) is 1. The van der Waals surface area contributed by atoms with Crippen molar-refractivity contribution in [3.8, 4) is 0 Å². The van der Waals surface area contributed by atoms with Gasteiger partial charge in [0.05, 0.1) is 10.7 Å². The van der Waals surface area contributed by atoms with Gasteiger partial charge in [-0.25, -0.2) is 4.98 Å². The Kier molecular flexibility index (Phi) is 5.19. The van der Waals surface area contributed by atoms with E-state index >= 15 is 0 Å². The molecule has 2 rings (SSSR count). The first-order valence-corrected chi connectivity index (χ1v) is 8.21. The molecule has 1 N–H and O–H groups in total. The minimum absolute atomic E-state index is 0.624. The normalized spacial score (nSPS) is 26.2. The number of thiazole rings is 1. The molecule has 1 aromatic rings. The van der Waals surface area contributed by atoms with E-state index in [0.29, 0.717) is 6.04 Å². The second-order valence-electron chi connectivity index (χ2n) is 5.76. The molecule has 0 aromatic carbocycles. The molecule has 1 aromatic heterocycles. The van der Waals surface area contributed by atoms with Gasteiger partial charge >= 0.3 is 0 Å². The molecule has 0 amide bonds. The van der Waals surface area contributed by atoms with E-state index in [4.69, 9.17) is 0 Å². The maximum Gasteiger partial charge on any atom is 0.0897 e. The molecule has 3 heteroatoms. The van der Waals surface area contributed by atoms with Crippen molar-refractivity contribution in [2.45, 2.75) is 58.9 Å².